The number of rotatable bonds is 2. The maximum atomic E-state index is 11.3. The Labute approximate surface area is 102 Å². The first kappa shape index (κ1) is 10.6. The molecule has 0 atom stereocenters. The van der Waals surface area contributed by atoms with E-state index in [0.717, 1.165) is 0 Å². The Kier molecular flexibility index (Phi) is 2.07. The lowest BCUT2D eigenvalue weighted by atomic mass is 10.3. The predicted octanol–water partition coefficient (Wildman–Crippen LogP) is 1.83. The Hall–Kier alpha value is -2.50. The van der Waals surface area contributed by atoms with Gasteiger partial charge in [-0.1, -0.05) is 6.07 Å². The normalized spacial score (nSPS) is 11.2. The number of para-hydroxylation sites is 1. The van der Waals surface area contributed by atoms with Crippen molar-refractivity contribution < 1.29 is 14.6 Å². The lowest BCUT2D eigenvalue weighted by Gasteiger charge is -2.00. The Morgan fingerprint density at radius 3 is 2.94 bits per heavy atom. The number of methoxy groups -OCH3 is 1. The van der Waals surface area contributed by atoms with Gasteiger partial charge in [-0.2, -0.15) is 0 Å². The van der Waals surface area contributed by atoms with E-state index < -0.39 is 5.97 Å². The van der Waals surface area contributed by atoms with E-state index in [1.165, 1.54) is 0 Å². The summed E-state index contributed by atoms with van der Waals surface area (Å²) in [7, 11) is 1.56. The van der Waals surface area contributed by atoms with Gasteiger partial charge in [0.05, 0.1) is 12.6 Å². The first-order valence-corrected chi connectivity index (χ1v) is 5.40. The number of imidazole rings is 2. The number of ether oxygens (including phenoxy) is 1. The maximum Gasteiger partial charge on any atom is 0.354 e. The molecule has 3 aromatic rings. The summed E-state index contributed by atoms with van der Waals surface area (Å²) in [6, 6.07) is 5.42. The van der Waals surface area contributed by atoms with Crippen molar-refractivity contribution in [2.45, 2.75) is 6.92 Å². The number of fused-ring (bicyclic) bond motifs is 3. The summed E-state index contributed by atoms with van der Waals surface area (Å²) in [6.45, 7) is 1.71. The molecule has 0 aliphatic carbocycles. The third-order valence-electron chi connectivity index (χ3n) is 2.95. The fraction of sp³-hybridized carbons (Fsp3) is 0.167. The molecule has 0 unspecified atom stereocenters. The Bertz CT molecular complexity index is 770. The molecule has 6 nitrogen and oxygen atoms in total. The van der Waals surface area contributed by atoms with Gasteiger partial charge in [-0.25, -0.2) is 9.78 Å². The quantitative estimate of drug-likeness (QED) is 0.721. The van der Waals surface area contributed by atoms with Gasteiger partial charge in [0, 0.05) is 5.69 Å². The highest BCUT2D eigenvalue weighted by molar-refractivity contribution is 5.93. The molecule has 18 heavy (non-hydrogen) atoms. The average molecular weight is 245 g/mol. The molecular formula is C12H11N3O3. The van der Waals surface area contributed by atoms with Crippen molar-refractivity contribution in [1.29, 1.82) is 0 Å². The Morgan fingerprint density at radius 2 is 2.28 bits per heavy atom. The van der Waals surface area contributed by atoms with E-state index in [0.29, 0.717) is 28.3 Å². The standard InChI is InChI=1S/C12H11N3O3/c1-6-10(11(16)17)15-7-4-3-5-8(18-2)9(7)14-12(15)13-6/h3-5H,1-2H3,(H,13,14)(H,16,17). The number of aryl methyl sites for hydroxylation is 1. The zero-order valence-electron chi connectivity index (χ0n) is 9.89. The molecule has 2 N–H and O–H groups in total. The van der Waals surface area contributed by atoms with Gasteiger partial charge in [0.2, 0.25) is 5.78 Å². The van der Waals surface area contributed by atoms with Gasteiger partial charge in [-0.3, -0.25) is 4.40 Å². The van der Waals surface area contributed by atoms with E-state index >= 15 is 0 Å². The average Bonchev–Trinajstić information content (AvgIpc) is 2.82. The smallest absolute Gasteiger partial charge is 0.354 e. The number of aromatic carboxylic acids is 1. The minimum Gasteiger partial charge on any atom is -0.494 e. The molecular weight excluding hydrogens is 234 g/mol. The molecule has 0 saturated heterocycles. The molecule has 2 heterocycles. The third-order valence-corrected chi connectivity index (χ3v) is 2.95. The second kappa shape index (κ2) is 3.49. The van der Waals surface area contributed by atoms with Gasteiger partial charge in [0.15, 0.2) is 5.69 Å². The minimum atomic E-state index is -0.985. The topological polar surface area (TPSA) is 79.6 Å². The van der Waals surface area contributed by atoms with Crippen molar-refractivity contribution in [2.24, 2.45) is 0 Å². The van der Waals surface area contributed by atoms with E-state index in [2.05, 4.69) is 9.97 Å². The molecule has 2 aromatic heterocycles. The van der Waals surface area contributed by atoms with Crippen LogP contribution >= 0.6 is 0 Å². The molecule has 1 aromatic carbocycles. The van der Waals surface area contributed by atoms with Gasteiger partial charge in [0.1, 0.15) is 11.3 Å². The number of carbonyl (C=O) groups is 1. The summed E-state index contributed by atoms with van der Waals surface area (Å²) in [5.41, 5.74) is 2.13. The van der Waals surface area contributed by atoms with Crippen LogP contribution in [0.2, 0.25) is 0 Å². The summed E-state index contributed by atoms with van der Waals surface area (Å²) in [5, 5.41) is 9.26. The fourth-order valence-electron chi connectivity index (χ4n) is 2.20. The largest absolute Gasteiger partial charge is 0.494 e. The van der Waals surface area contributed by atoms with Crippen LogP contribution in [0, 0.1) is 6.92 Å². The molecule has 92 valence electrons. The number of hydrogen-bond donors (Lipinski definition) is 2. The highest BCUT2D eigenvalue weighted by Crippen LogP contribution is 2.27. The van der Waals surface area contributed by atoms with Gasteiger partial charge in [0.25, 0.3) is 0 Å². The second-order valence-electron chi connectivity index (χ2n) is 4.00. The molecule has 0 fully saturated rings. The monoisotopic (exact) mass is 245 g/mol. The molecule has 6 heteroatoms. The highest BCUT2D eigenvalue weighted by atomic mass is 16.5. The van der Waals surface area contributed by atoms with Gasteiger partial charge in [-0.15, -0.1) is 0 Å². The lowest BCUT2D eigenvalue weighted by molar-refractivity contribution is 0.0689. The summed E-state index contributed by atoms with van der Waals surface area (Å²) in [5.74, 6) is 0.142. The van der Waals surface area contributed by atoms with Crippen molar-refractivity contribution in [3.8, 4) is 5.75 Å². The van der Waals surface area contributed by atoms with Crippen LogP contribution in [0.3, 0.4) is 0 Å². The summed E-state index contributed by atoms with van der Waals surface area (Å²) in [4.78, 5) is 18.6. The van der Waals surface area contributed by atoms with Crippen LogP contribution in [0.25, 0.3) is 16.8 Å². The first-order valence-electron chi connectivity index (χ1n) is 5.40. The third kappa shape index (κ3) is 1.22. The summed E-state index contributed by atoms with van der Waals surface area (Å²) in [6.07, 6.45) is 0. The number of aromatic nitrogens is 3. The van der Waals surface area contributed by atoms with Crippen LogP contribution in [0.4, 0.5) is 0 Å². The Morgan fingerprint density at radius 1 is 1.50 bits per heavy atom. The number of carboxylic acid groups (broad SMARTS) is 1. The molecule has 0 bridgehead atoms. The van der Waals surface area contributed by atoms with Crippen molar-refractivity contribution in [3.63, 3.8) is 0 Å². The van der Waals surface area contributed by atoms with E-state index in [4.69, 9.17) is 4.74 Å². The summed E-state index contributed by atoms with van der Waals surface area (Å²) < 4.78 is 6.81. The van der Waals surface area contributed by atoms with Gasteiger partial charge >= 0.3 is 5.97 Å². The SMILES string of the molecule is COc1cccc2c1nc1[nH]c(C)c(C(=O)O)n12. The van der Waals surface area contributed by atoms with E-state index in [9.17, 15) is 9.90 Å². The van der Waals surface area contributed by atoms with Crippen molar-refractivity contribution in [2.75, 3.05) is 7.11 Å². The van der Waals surface area contributed by atoms with Crippen molar-refractivity contribution in [3.05, 3.63) is 29.6 Å². The van der Waals surface area contributed by atoms with Crippen LogP contribution < -0.4 is 4.74 Å². The van der Waals surface area contributed by atoms with Crippen LogP contribution in [-0.4, -0.2) is 32.6 Å². The second-order valence-corrected chi connectivity index (χ2v) is 4.00. The van der Waals surface area contributed by atoms with E-state index in [1.807, 2.05) is 12.1 Å². The number of nitrogens with zero attached hydrogens (tertiary/aromatic N) is 2. The number of hydrogen-bond acceptors (Lipinski definition) is 3. The molecule has 0 spiro atoms. The predicted molar refractivity (Wildman–Crippen MR) is 65.3 cm³/mol. The van der Waals surface area contributed by atoms with E-state index in [1.54, 1.807) is 24.5 Å². The van der Waals surface area contributed by atoms with Crippen LogP contribution in [0.5, 0.6) is 5.75 Å². The maximum absolute atomic E-state index is 11.3. The molecule has 0 aliphatic rings. The number of nitrogens with one attached hydrogen (secondary N) is 1. The zero-order valence-corrected chi connectivity index (χ0v) is 9.89. The summed E-state index contributed by atoms with van der Waals surface area (Å²) >= 11 is 0. The number of aromatic amines is 1. The minimum absolute atomic E-state index is 0.195. The molecule has 3 rings (SSSR count). The van der Waals surface area contributed by atoms with Crippen LogP contribution in [-0.2, 0) is 0 Å². The number of carboxylic acids is 1. The molecule has 0 radical (unpaired) electrons. The Balaban J connectivity index is 2.51. The number of H-pyrrole nitrogens is 1. The zero-order chi connectivity index (χ0) is 12.9. The fourth-order valence-corrected chi connectivity index (χ4v) is 2.20. The molecule has 0 aliphatic heterocycles. The molecule has 0 saturated carbocycles. The van der Waals surface area contributed by atoms with Gasteiger partial charge in [-0.05, 0) is 19.1 Å². The molecule has 0 amide bonds. The van der Waals surface area contributed by atoms with E-state index in [-0.39, 0.29) is 5.69 Å². The van der Waals surface area contributed by atoms with Crippen LogP contribution in [0.1, 0.15) is 16.2 Å². The van der Waals surface area contributed by atoms with Crippen LogP contribution in [0.15, 0.2) is 18.2 Å². The highest BCUT2D eigenvalue weighted by Gasteiger charge is 2.19. The lowest BCUT2D eigenvalue weighted by Crippen LogP contribution is -2.03. The van der Waals surface area contributed by atoms with Gasteiger partial charge < -0.3 is 14.8 Å². The first-order chi connectivity index (χ1) is 8.63. The van der Waals surface area contributed by atoms with Crippen molar-refractivity contribution >= 4 is 22.8 Å². The number of benzene rings is 1. The van der Waals surface area contributed by atoms with Crippen molar-refractivity contribution in [1.82, 2.24) is 14.4 Å².